The van der Waals surface area contributed by atoms with E-state index in [4.69, 9.17) is 14.6 Å². The Labute approximate surface area is 111 Å². The number of likely N-dealkylation sites (N-methyl/N-ethyl adjacent to an activating group) is 1. The first-order valence-corrected chi connectivity index (χ1v) is 5.85. The third-order valence-corrected chi connectivity index (χ3v) is 2.77. The minimum Gasteiger partial charge on any atom is -0.493 e. The Morgan fingerprint density at radius 3 is 2.32 bits per heavy atom. The summed E-state index contributed by atoms with van der Waals surface area (Å²) in [6.45, 7) is 2.62. The molecule has 1 aromatic carbocycles. The van der Waals surface area contributed by atoms with Crippen molar-refractivity contribution in [2.45, 2.75) is 6.92 Å². The van der Waals surface area contributed by atoms with Crippen LogP contribution in [0.2, 0.25) is 0 Å². The third-order valence-electron chi connectivity index (χ3n) is 2.77. The van der Waals surface area contributed by atoms with Crippen LogP contribution in [-0.4, -0.2) is 43.9 Å². The van der Waals surface area contributed by atoms with E-state index in [1.165, 1.54) is 20.3 Å². The van der Waals surface area contributed by atoms with Gasteiger partial charge in [-0.25, -0.2) is 0 Å². The summed E-state index contributed by atoms with van der Waals surface area (Å²) in [5, 5.41) is 20.2. The second-order valence-electron chi connectivity index (χ2n) is 3.76. The van der Waals surface area contributed by atoms with E-state index < -0.39 is 4.92 Å². The number of methoxy groups -OCH3 is 2. The van der Waals surface area contributed by atoms with Crippen molar-refractivity contribution in [2.24, 2.45) is 0 Å². The van der Waals surface area contributed by atoms with E-state index in [1.54, 1.807) is 11.0 Å². The summed E-state index contributed by atoms with van der Waals surface area (Å²) in [5.74, 6) is 0.720. The molecule has 0 aromatic heterocycles. The van der Waals surface area contributed by atoms with Gasteiger partial charge in [-0.05, 0) is 6.92 Å². The third kappa shape index (κ3) is 3.25. The average Bonchev–Trinajstić information content (AvgIpc) is 2.43. The predicted octanol–water partition coefficient (Wildman–Crippen LogP) is 1.43. The van der Waals surface area contributed by atoms with Gasteiger partial charge in [-0.3, -0.25) is 10.1 Å². The zero-order valence-corrected chi connectivity index (χ0v) is 11.3. The predicted molar refractivity (Wildman–Crippen MR) is 71.2 cm³/mol. The molecule has 0 fully saturated rings. The number of nitrogens with zero attached hydrogens (tertiary/aromatic N) is 2. The summed E-state index contributed by atoms with van der Waals surface area (Å²) in [7, 11) is 2.89. The van der Waals surface area contributed by atoms with Crippen molar-refractivity contribution in [3.63, 3.8) is 0 Å². The van der Waals surface area contributed by atoms with Gasteiger partial charge in [0.25, 0.3) is 5.69 Å². The average molecular weight is 270 g/mol. The minimum absolute atomic E-state index is 0.0760. The Balaban J connectivity index is 3.37. The molecule has 0 aliphatic carbocycles. The lowest BCUT2D eigenvalue weighted by atomic mass is 10.2. The molecule has 0 spiro atoms. The van der Waals surface area contributed by atoms with E-state index in [2.05, 4.69) is 0 Å². The van der Waals surface area contributed by atoms with Gasteiger partial charge >= 0.3 is 0 Å². The number of ether oxygens (including phenoxy) is 2. The first-order chi connectivity index (χ1) is 9.08. The molecule has 0 aliphatic rings. The number of nitro groups is 1. The molecular formula is C12H18N2O5. The summed E-state index contributed by atoms with van der Waals surface area (Å²) >= 11 is 0. The summed E-state index contributed by atoms with van der Waals surface area (Å²) in [5.41, 5.74) is 0.326. The number of benzene rings is 1. The van der Waals surface area contributed by atoms with Crippen molar-refractivity contribution >= 4 is 11.4 Å². The number of anilines is 1. The maximum atomic E-state index is 11.1. The number of hydrogen-bond donors (Lipinski definition) is 1. The molecule has 0 amide bonds. The maximum Gasteiger partial charge on any atom is 0.296 e. The van der Waals surface area contributed by atoms with Gasteiger partial charge in [-0.1, -0.05) is 0 Å². The van der Waals surface area contributed by atoms with Crippen LogP contribution in [0, 0.1) is 10.1 Å². The monoisotopic (exact) mass is 270 g/mol. The Hall–Kier alpha value is -2.02. The molecule has 0 aliphatic heterocycles. The SMILES string of the molecule is CCN(CCO)c1cc(OC)c(OC)cc1[N+](=O)[O-]. The zero-order chi connectivity index (χ0) is 14.4. The van der Waals surface area contributed by atoms with Gasteiger partial charge < -0.3 is 19.5 Å². The van der Waals surface area contributed by atoms with E-state index in [-0.39, 0.29) is 12.3 Å². The zero-order valence-electron chi connectivity index (χ0n) is 11.3. The second-order valence-corrected chi connectivity index (χ2v) is 3.76. The lowest BCUT2D eigenvalue weighted by Crippen LogP contribution is -2.27. The van der Waals surface area contributed by atoms with Crippen LogP contribution in [0.3, 0.4) is 0 Å². The Morgan fingerprint density at radius 1 is 1.32 bits per heavy atom. The van der Waals surface area contributed by atoms with Crippen LogP contribution < -0.4 is 14.4 Å². The molecule has 1 rings (SSSR count). The highest BCUT2D eigenvalue weighted by Crippen LogP contribution is 2.39. The van der Waals surface area contributed by atoms with Gasteiger partial charge in [0, 0.05) is 19.2 Å². The first kappa shape index (κ1) is 15.0. The molecular weight excluding hydrogens is 252 g/mol. The second kappa shape index (κ2) is 6.79. The summed E-state index contributed by atoms with van der Waals surface area (Å²) < 4.78 is 10.2. The molecule has 106 valence electrons. The smallest absolute Gasteiger partial charge is 0.296 e. The van der Waals surface area contributed by atoms with E-state index in [0.717, 1.165) is 0 Å². The van der Waals surface area contributed by atoms with Crippen LogP contribution in [-0.2, 0) is 0 Å². The number of hydrogen-bond acceptors (Lipinski definition) is 6. The van der Waals surface area contributed by atoms with Crippen LogP contribution >= 0.6 is 0 Å². The molecule has 0 saturated carbocycles. The Kier molecular flexibility index (Phi) is 5.37. The van der Waals surface area contributed by atoms with E-state index >= 15 is 0 Å². The molecule has 1 N–H and O–H groups in total. The Bertz CT molecular complexity index is 450. The number of nitro benzene ring substituents is 1. The maximum absolute atomic E-state index is 11.1. The Morgan fingerprint density at radius 2 is 1.89 bits per heavy atom. The quantitative estimate of drug-likeness (QED) is 0.596. The van der Waals surface area contributed by atoms with Crippen LogP contribution in [0.25, 0.3) is 0 Å². The van der Waals surface area contributed by atoms with Crippen LogP contribution in [0.15, 0.2) is 12.1 Å². The fourth-order valence-electron chi connectivity index (χ4n) is 1.83. The van der Waals surface area contributed by atoms with E-state index in [0.29, 0.717) is 30.3 Å². The van der Waals surface area contributed by atoms with E-state index in [1.807, 2.05) is 6.92 Å². The van der Waals surface area contributed by atoms with Gasteiger partial charge in [0.1, 0.15) is 5.69 Å². The number of aliphatic hydroxyl groups is 1. The normalized spacial score (nSPS) is 10.1. The van der Waals surface area contributed by atoms with Crippen molar-refractivity contribution in [1.82, 2.24) is 0 Å². The van der Waals surface area contributed by atoms with Crippen molar-refractivity contribution in [2.75, 3.05) is 38.8 Å². The topological polar surface area (TPSA) is 85.1 Å². The van der Waals surface area contributed by atoms with Gasteiger partial charge in [0.15, 0.2) is 11.5 Å². The summed E-state index contributed by atoms with van der Waals surface area (Å²) in [6, 6.07) is 2.88. The number of rotatable bonds is 7. The molecule has 0 radical (unpaired) electrons. The first-order valence-electron chi connectivity index (χ1n) is 5.85. The van der Waals surface area contributed by atoms with Gasteiger partial charge in [0.2, 0.25) is 0 Å². The van der Waals surface area contributed by atoms with Crippen LogP contribution in [0.5, 0.6) is 11.5 Å². The molecule has 0 unspecified atom stereocenters. The lowest BCUT2D eigenvalue weighted by Gasteiger charge is -2.22. The molecule has 0 bridgehead atoms. The van der Waals surface area contributed by atoms with Gasteiger partial charge in [-0.15, -0.1) is 0 Å². The highest BCUT2D eigenvalue weighted by molar-refractivity contribution is 5.69. The highest BCUT2D eigenvalue weighted by atomic mass is 16.6. The molecule has 0 saturated heterocycles. The fourth-order valence-corrected chi connectivity index (χ4v) is 1.83. The van der Waals surface area contributed by atoms with Crippen LogP contribution in [0.4, 0.5) is 11.4 Å². The van der Waals surface area contributed by atoms with Crippen molar-refractivity contribution in [1.29, 1.82) is 0 Å². The standard InChI is InChI=1S/C12H18N2O5/c1-4-13(5-6-15)9-7-11(18-2)12(19-3)8-10(9)14(16)17/h7-8,15H,4-6H2,1-3H3. The van der Waals surface area contributed by atoms with Gasteiger partial charge in [0.05, 0.1) is 31.8 Å². The van der Waals surface area contributed by atoms with E-state index in [9.17, 15) is 10.1 Å². The minimum atomic E-state index is -0.475. The van der Waals surface area contributed by atoms with Crippen molar-refractivity contribution in [3.05, 3.63) is 22.2 Å². The number of aliphatic hydroxyl groups excluding tert-OH is 1. The largest absolute Gasteiger partial charge is 0.493 e. The molecule has 7 heteroatoms. The molecule has 1 aromatic rings. The molecule has 7 nitrogen and oxygen atoms in total. The van der Waals surface area contributed by atoms with Gasteiger partial charge in [-0.2, -0.15) is 0 Å². The summed E-state index contributed by atoms with van der Waals surface area (Å²) in [6.07, 6.45) is 0. The van der Waals surface area contributed by atoms with Crippen molar-refractivity contribution in [3.8, 4) is 11.5 Å². The summed E-state index contributed by atoms with van der Waals surface area (Å²) in [4.78, 5) is 12.4. The highest BCUT2D eigenvalue weighted by Gasteiger charge is 2.22. The molecule has 0 atom stereocenters. The molecule has 19 heavy (non-hydrogen) atoms. The van der Waals surface area contributed by atoms with Crippen LogP contribution in [0.1, 0.15) is 6.92 Å². The molecule has 0 heterocycles. The lowest BCUT2D eigenvalue weighted by molar-refractivity contribution is -0.384. The van der Waals surface area contributed by atoms with Crippen molar-refractivity contribution < 1.29 is 19.5 Å². The fraction of sp³-hybridized carbons (Fsp3) is 0.500.